The van der Waals surface area contributed by atoms with Gasteiger partial charge in [-0.1, -0.05) is 185 Å². The third-order valence-corrected chi connectivity index (χ3v) is 13.8. The highest BCUT2D eigenvalue weighted by Gasteiger charge is 2.37. The van der Waals surface area contributed by atoms with Crippen molar-refractivity contribution in [1.29, 1.82) is 0 Å². The van der Waals surface area contributed by atoms with Gasteiger partial charge in [-0.3, -0.25) is 0 Å². The molecule has 0 heterocycles. The summed E-state index contributed by atoms with van der Waals surface area (Å²) >= 11 is 0. The van der Waals surface area contributed by atoms with Crippen LogP contribution in [0, 0.1) is 0 Å². The molecule has 0 aromatic heterocycles. The second kappa shape index (κ2) is 11.9. The Morgan fingerprint density at radius 2 is 0.690 bits per heavy atom. The molecule has 10 aromatic rings. The Morgan fingerprint density at radius 3 is 1.29 bits per heavy atom. The minimum Gasteiger partial charge on any atom is -0.0619 e. The topological polar surface area (TPSA) is 0 Å². The first kappa shape index (κ1) is 33.4. The minimum atomic E-state index is -0.0997. The third-order valence-electron chi connectivity index (χ3n) is 13.8. The van der Waals surface area contributed by atoms with Crippen molar-refractivity contribution in [3.63, 3.8) is 0 Å². The number of hydrogen-bond acceptors (Lipinski definition) is 0. The van der Waals surface area contributed by atoms with Gasteiger partial charge in [-0.2, -0.15) is 0 Å². The maximum Gasteiger partial charge on any atom is 0.0159 e. The number of benzene rings is 10. The van der Waals surface area contributed by atoms with Crippen molar-refractivity contribution in [2.75, 3.05) is 0 Å². The van der Waals surface area contributed by atoms with Crippen LogP contribution in [0.3, 0.4) is 0 Å². The molecule has 0 bridgehead atoms. The van der Waals surface area contributed by atoms with Crippen molar-refractivity contribution in [3.8, 4) is 55.6 Å². The molecule has 0 amide bonds. The van der Waals surface area contributed by atoms with E-state index in [2.05, 4.69) is 210 Å². The molecule has 0 spiro atoms. The first-order chi connectivity index (χ1) is 28.3. The highest BCUT2D eigenvalue weighted by atomic mass is 14.4. The van der Waals surface area contributed by atoms with E-state index in [0.717, 1.165) is 0 Å². The molecule has 0 radical (unpaired) electrons. The van der Waals surface area contributed by atoms with Gasteiger partial charge in [0.05, 0.1) is 0 Å². The maximum absolute atomic E-state index is 2.50. The van der Waals surface area contributed by atoms with Crippen molar-refractivity contribution in [2.24, 2.45) is 0 Å². The van der Waals surface area contributed by atoms with Crippen LogP contribution in [0.2, 0.25) is 0 Å². The Labute approximate surface area is 340 Å². The number of fused-ring (bicyclic) bond motifs is 11. The molecule has 0 fully saturated rings. The first-order valence-corrected chi connectivity index (χ1v) is 20.7. The van der Waals surface area contributed by atoms with Crippen LogP contribution in [0.25, 0.3) is 98.7 Å². The summed E-state index contributed by atoms with van der Waals surface area (Å²) in [5.41, 5.74) is 18.4. The van der Waals surface area contributed by atoms with Gasteiger partial charge < -0.3 is 0 Å². The summed E-state index contributed by atoms with van der Waals surface area (Å²) in [6.07, 6.45) is 0. The zero-order chi connectivity index (χ0) is 38.9. The van der Waals surface area contributed by atoms with Crippen molar-refractivity contribution in [3.05, 3.63) is 204 Å². The van der Waals surface area contributed by atoms with Gasteiger partial charge >= 0.3 is 0 Å². The molecule has 0 saturated heterocycles. The Hall–Kier alpha value is -6.76. The molecule has 0 aliphatic heterocycles. The molecule has 2 aliphatic rings. The monoisotopic (exact) mass is 738 g/mol. The predicted octanol–water partition coefficient (Wildman–Crippen LogP) is 15.9. The lowest BCUT2D eigenvalue weighted by Gasteiger charge is -2.24. The van der Waals surface area contributed by atoms with E-state index >= 15 is 0 Å². The molecule has 10 aromatic carbocycles. The quantitative estimate of drug-likeness (QED) is 0.125. The molecule has 0 N–H and O–H groups in total. The summed E-state index contributed by atoms with van der Waals surface area (Å²) in [7, 11) is 0. The summed E-state index contributed by atoms with van der Waals surface area (Å²) in [6.45, 7) is 9.54. The molecule has 0 unspecified atom stereocenters. The fraction of sp³-hybridized carbons (Fsp3) is 0.103. The Morgan fingerprint density at radius 1 is 0.259 bits per heavy atom. The molecule has 0 atom stereocenters. The van der Waals surface area contributed by atoms with Gasteiger partial charge in [0.25, 0.3) is 0 Å². The van der Waals surface area contributed by atoms with E-state index in [9.17, 15) is 0 Å². The van der Waals surface area contributed by atoms with E-state index in [1.165, 1.54) is 121 Å². The van der Waals surface area contributed by atoms with Gasteiger partial charge in [-0.15, -0.1) is 0 Å². The second-order valence-corrected chi connectivity index (χ2v) is 17.6. The summed E-state index contributed by atoms with van der Waals surface area (Å²) in [5.74, 6) is 0. The van der Waals surface area contributed by atoms with Crippen LogP contribution < -0.4 is 0 Å². The van der Waals surface area contributed by atoms with Crippen LogP contribution in [0.1, 0.15) is 49.9 Å². The third kappa shape index (κ3) is 4.52. The lowest BCUT2D eigenvalue weighted by Crippen LogP contribution is -2.15. The summed E-state index contributed by atoms with van der Waals surface area (Å²) in [6, 6.07) is 69.0. The molecule has 58 heavy (non-hydrogen) atoms. The fourth-order valence-corrected chi connectivity index (χ4v) is 11.0. The SMILES string of the molecule is CC1(C)c2ccccc2-c2ccc(-c3c4ccccc4c(-c4ccc5c(c4)C(C)(C)c4ccccc4-5)c4cc(-c5cc6ccccc6c6ccccc56)ccc34)cc21. The molecule has 2 aliphatic carbocycles. The van der Waals surface area contributed by atoms with Crippen LogP contribution in [0.5, 0.6) is 0 Å². The van der Waals surface area contributed by atoms with E-state index in [4.69, 9.17) is 0 Å². The van der Waals surface area contributed by atoms with Crippen molar-refractivity contribution in [2.45, 2.75) is 38.5 Å². The standard InChI is InChI=1S/C58H42/c1-57(2)51-23-13-11-19-42(51)44-28-26-37(33-53(44)57)55-46-21-9-10-22-47(46)56(38-27-29-45-43-20-12-14-24-52(43)58(3,4)54(45)34-38)50-32-36(25-30-48(50)55)49-31-35-15-5-6-16-39(35)40-17-7-8-18-41(40)49/h5-34H,1-4H3. The van der Waals surface area contributed by atoms with Crippen LogP contribution >= 0.6 is 0 Å². The number of hydrogen-bond donors (Lipinski definition) is 0. The molecule has 0 saturated carbocycles. The Kier molecular flexibility index (Phi) is 6.84. The van der Waals surface area contributed by atoms with E-state index in [-0.39, 0.29) is 10.8 Å². The largest absolute Gasteiger partial charge is 0.0619 e. The minimum absolute atomic E-state index is 0.0907. The Balaban J connectivity index is 1.17. The van der Waals surface area contributed by atoms with Crippen molar-refractivity contribution >= 4 is 43.1 Å². The van der Waals surface area contributed by atoms with Crippen LogP contribution in [0.4, 0.5) is 0 Å². The van der Waals surface area contributed by atoms with Gasteiger partial charge in [-0.05, 0) is 145 Å². The Bertz CT molecular complexity index is 3390. The van der Waals surface area contributed by atoms with Gasteiger partial charge in [0, 0.05) is 10.8 Å². The zero-order valence-corrected chi connectivity index (χ0v) is 33.3. The van der Waals surface area contributed by atoms with Crippen molar-refractivity contribution in [1.82, 2.24) is 0 Å². The molecule has 0 nitrogen and oxygen atoms in total. The first-order valence-electron chi connectivity index (χ1n) is 20.7. The maximum atomic E-state index is 2.50. The zero-order valence-electron chi connectivity index (χ0n) is 33.3. The molecular formula is C58H42. The van der Waals surface area contributed by atoms with Gasteiger partial charge in [0.1, 0.15) is 0 Å². The van der Waals surface area contributed by atoms with Crippen LogP contribution in [0.15, 0.2) is 182 Å². The lowest BCUT2D eigenvalue weighted by molar-refractivity contribution is 0.660. The second-order valence-electron chi connectivity index (χ2n) is 17.6. The van der Waals surface area contributed by atoms with Crippen LogP contribution in [-0.2, 0) is 10.8 Å². The fourth-order valence-electron chi connectivity index (χ4n) is 11.0. The molecule has 274 valence electrons. The number of rotatable bonds is 3. The van der Waals surface area contributed by atoms with Gasteiger partial charge in [-0.25, -0.2) is 0 Å². The molecule has 0 heteroatoms. The van der Waals surface area contributed by atoms with E-state index in [1.807, 2.05) is 0 Å². The van der Waals surface area contributed by atoms with E-state index in [1.54, 1.807) is 0 Å². The molecular weight excluding hydrogens is 697 g/mol. The van der Waals surface area contributed by atoms with E-state index < -0.39 is 0 Å². The molecule has 12 rings (SSSR count). The van der Waals surface area contributed by atoms with Crippen LogP contribution in [-0.4, -0.2) is 0 Å². The van der Waals surface area contributed by atoms with E-state index in [0.29, 0.717) is 0 Å². The summed E-state index contributed by atoms with van der Waals surface area (Å²) in [5, 5.41) is 10.2. The van der Waals surface area contributed by atoms with Gasteiger partial charge in [0.15, 0.2) is 0 Å². The highest BCUT2D eigenvalue weighted by molar-refractivity contribution is 6.23. The smallest absolute Gasteiger partial charge is 0.0159 e. The van der Waals surface area contributed by atoms with Gasteiger partial charge in [0.2, 0.25) is 0 Å². The predicted molar refractivity (Wildman–Crippen MR) is 248 cm³/mol. The normalized spacial score (nSPS) is 14.5. The van der Waals surface area contributed by atoms with Crippen molar-refractivity contribution < 1.29 is 0 Å². The average molecular weight is 739 g/mol. The highest BCUT2D eigenvalue weighted by Crippen LogP contribution is 2.54. The lowest BCUT2D eigenvalue weighted by atomic mass is 9.79. The summed E-state index contributed by atoms with van der Waals surface area (Å²) in [4.78, 5) is 0. The average Bonchev–Trinajstić information content (AvgIpc) is 3.64. The summed E-state index contributed by atoms with van der Waals surface area (Å²) < 4.78 is 0.